The minimum atomic E-state index is -1.06. The van der Waals surface area contributed by atoms with Crippen LogP contribution >= 0.6 is 51.6 Å². The molecule has 0 fully saturated rings. The Labute approximate surface area is 256 Å². The van der Waals surface area contributed by atoms with Crippen molar-refractivity contribution < 1.29 is 61.3 Å². The molecule has 14 heteroatoms. The molecule has 0 amide bonds. The van der Waals surface area contributed by atoms with E-state index in [0.29, 0.717) is 12.9 Å². The van der Waals surface area contributed by atoms with Crippen LogP contribution in [0.1, 0.15) is 55.1 Å². The number of carbonyl (C=O) groups excluding carboxylic acids is 3. The molecule has 0 aliphatic heterocycles. The first-order chi connectivity index (χ1) is 17.9. The average molecular weight is 838 g/mol. The van der Waals surface area contributed by atoms with E-state index in [1.54, 1.807) is 13.8 Å². The number of aldehydes is 1. The topological polar surface area (TPSA) is 89.9 Å². The van der Waals surface area contributed by atoms with Crippen LogP contribution in [0, 0.1) is 30.2 Å². The molecule has 0 radical (unpaired) electrons. The molecule has 0 heterocycles. The first-order valence-corrected chi connectivity index (χ1v) is 21.3. The Morgan fingerprint density at radius 3 is 1.84 bits per heavy atom. The summed E-state index contributed by atoms with van der Waals surface area (Å²) in [6, 6.07) is 3.61. The van der Waals surface area contributed by atoms with Crippen LogP contribution in [0.3, 0.4) is 0 Å². The summed E-state index contributed by atoms with van der Waals surface area (Å²) in [6.45, 7) is 7.50. The summed E-state index contributed by atoms with van der Waals surface area (Å²) in [5, 5.41) is 9.81. The van der Waals surface area contributed by atoms with Crippen molar-refractivity contribution in [3.8, 4) is 0 Å². The van der Waals surface area contributed by atoms with E-state index in [1.165, 1.54) is 14.8 Å². The standard InChI is InChI=1S/C12H13BrF2O3.C7H3BrF2O.C5H9O2.HI.Zn/c1-2-18-12(17)4-3-11(16)7-5-9(14)10(15)6-8(7)13;8-5-2-7(10)6(9)1-4(5)3-11;1-3-5(6)7-4-2;;/h5-6,11,16H,2-4H2,1H3;1-3H;1,3-4H2,2H3;1H;/q;;-1;;+2/p-1. The van der Waals surface area contributed by atoms with Gasteiger partial charge in [-0.2, -0.15) is 0 Å². The van der Waals surface area contributed by atoms with Crippen LogP contribution in [-0.4, -0.2) is 36.5 Å². The fourth-order valence-electron chi connectivity index (χ4n) is 2.30. The Balaban J connectivity index is 0. The maximum absolute atomic E-state index is 13.0. The predicted octanol–water partition coefficient (Wildman–Crippen LogP) is 7.30. The number of carbonyl (C=O) groups is 3. The van der Waals surface area contributed by atoms with E-state index in [4.69, 9.17) is 4.74 Å². The molecule has 2 aromatic carbocycles. The van der Waals surface area contributed by atoms with Gasteiger partial charge in [0.15, 0.2) is 29.6 Å². The molecule has 1 atom stereocenters. The first-order valence-electron chi connectivity index (χ1n) is 10.7. The van der Waals surface area contributed by atoms with E-state index in [0.717, 1.165) is 24.3 Å². The molecular weight excluding hydrogens is 812 g/mol. The third-order valence-electron chi connectivity index (χ3n) is 4.00. The monoisotopic (exact) mass is 834 g/mol. The van der Waals surface area contributed by atoms with Gasteiger partial charge in [0.2, 0.25) is 0 Å². The van der Waals surface area contributed by atoms with Crippen molar-refractivity contribution in [1.82, 2.24) is 0 Å². The summed E-state index contributed by atoms with van der Waals surface area (Å²) >= 11 is 9.56. The molecule has 0 spiro atoms. The van der Waals surface area contributed by atoms with E-state index in [-0.39, 0.29) is 51.9 Å². The van der Waals surface area contributed by atoms with Crippen LogP contribution in [0.15, 0.2) is 33.2 Å². The molecule has 208 valence electrons. The van der Waals surface area contributed by atoms with Gasteiger partial charge in [0.25, 0.3) is 5.97 Å². The predicted molar refractivity (Wildman–Crippen MR) is 145 cm³/mol. The summed E-state index contributed by atoms with van der Waals surface area (Å²) in [6.07, 6.45) is -0.275. The van der Waals surface area contributed by atoms with Crippen molar-refractivity contribution in [2.45, 2.75) is 39.2 Å². The van der Waals surface area contributed by atoms with Crippen LogP contribution < -0.4 is 0 Å². The zero-order valence-corrected chi connectivity index (χ0v) is 28.8. The van der Waals surface area contributed by atoms with Gasteiger partial charge in [-0.3, -0.25) is 14.4 Å². The number of rotatable bonds is 8. The zero-order valence-electron chi connectivity index (χ0n) is 20.5. The van der Waals surface area contributed by atoms with Gasteiger partial charge >= 0.3 is 40.5 Å². The van der Waals surface area contributed by atoms with Gasteiger partial charge in [0, 0.05) is 20.9 Å². The first kappa shape index (κ1) is 39.2. The molecule has 0 saturated carbocycles. The Bertz CT molecular complexity index is 1030. The van der Waals surface area contributed by atoms with Crippen molar-refractivity contribution >= 4 is 69.8 Å². The van der Waals surface area contributed by atoms with Gasteiger partial charge in [0.1, 0.15) is 0 Å². The quantitative estimate of drug-likeness (QED) is 0.0572. The summed E-state index contributed by atoms with van der Waals surface area (Å²) in [4.78, 5) is 31.4. The molecule has 2 aromatic rings. The van der Waals surface area contributed by atoms with E-state index in [1.807, 2.05) is 0 Å². The fourth-order valence-corrected chi connectivity index (χ4v) is 3.29. The second-order valence-electron chi connectivity index (χ2n) is 6.61. The van der Waals surface area contributed by atoms with Gasteiger partial charge in [-0.15, -0.1) is 0 Å². The van der Waals surface area contributed by atoms with Crippen LogP contribution in [0.4, 0.5) is 17.6 Å². The van der Waals surface area contributed by atoms with Crippen molar-refractivity contribution in [3.63, 3.8) is 0 Å². The van der Waals surface area contributed by atoms with Crippen LogP contribution in [0.2, 0.25) is 0 Å². The number of aliphatic hydroxyl groups excluding tert-OH is 1. The van der Waals surface area contributed by atoms with Gasteiger partial charge in [-0.05, 0) is 66.0 Å². The Hall–Kier alpha value is -0.957. The van der Waals surface area contributed by atoms with Crippen molar-refractivity contribution in [3.05, 3.63) is 74.5 Å². The SMILES string of the molecule is CCOC(=O)CCC(O)c1cc(F)c(F)cc1Br.O=Cc1cc(F)c(F)cc1Br.[CH2-]CC(=O)OCC.[Zn+][I]. The zero-order chi connectivity index (χ0) is 29.8. The van der Waals surface area contributed by atoms with Crippen molar-refractivity contribution in [2.75, 3.05) is 13.2 Å². The third kappa shape index (κ3) is 16.2. The van der Waals surface area contributed by atoms with Crippen LogP contribution in [0.25, 0.3) is 0 Å². The fraction of sp³-hybridized carbons (Fsp3) is 0.333. The van der Waals surface area contributed by atoms with Crippen LogP contribution in [-0.2, 0) is 33.9 Å². The number of hydrogen-bond acceptors (Lipinski definition) is 6. The Kier molecular flexibility index (Phi) is 23.5. The molecule has 0 aromatic heterocycles. The molecular formula is C24H25Br2F4IO6Zn. The molecule has 6 nitrogen and oxygen atoms in total. The summed E-state index contributed by atoms with van der Waals surface area (Å²) in [7, 11) is 0. The summed E-state index contributed by atoms with van der Waals surface area (Å²) < 4.78 is 60.4. The third-order valence-corrected chi connectivity index (χ3v) is 5.38. The molecule has 0 aliphatic rings. The minimum absolute atomic E-state index is 0.0143. The number of hydrogen-bond donors (Lipinski definition) is 1. The maximum atomic E-state index is 13.0. The molecule has 0 saturated heterocycles. The number of aliphatic hydroxyl groups is 1. The number of benzene rings is 2. The number of halogens is 7. The van der Waals surface area contributed by atoms with Gasteiger partial charge < -0.3 is 21.5 Å². The van der Waals surface area contributed by atoms with Crippen molar-refractivity contribution in [2.24, 2.45) is 0 Å². The van der Waals surface area contributed by atoms with Gasteiger partial charge in [0.05, 0.1) is 19.3 Å². The molecule has 38 heavy (non-hydrogen) atoms. The van der Waals surface area contributed by atoms with E-state index < -0.39 is 35.3 Å². The van der Waals surface area contributed by atoms with Gasteiger partial charge in [-0.1, -0.05) is 22.4 Å². The molecule has 0 aliphatic carbocycles. The molecule has 1 N–H and O–H groups in total. The van der Waals surface area contributed by atoms with E-state index in [2.05, 4.69) is 63.3 Å². The Morgan fingerprint density at radius 1 is 0.947 bits per heavy atom. The van der Waals surface area contributed by atoms with Gasteiger partial charge in [-0.25, -0.2) is 17.6 Å². The second-order valence-corrected chi connectivity index (χ2v) is 8.32. The Morgan fingerprint density at radius 2 is 1.39 bits per heavy atom. The second kappa shape index (κ2) is 22.8. The molecule has 0 bridgehead atoms. The number of ether oxygens (including phenoxy) is 2. The summed E-state index contributed by atoms with van der Waals surface area (Å²) in [5.41, 5.74) is 0.307. The molecule has 2 rings (SSSR count). The average Bonchev–Trinajstić information content (AvgIpc) is 2.89. The normalized spacial score (nSPS) is 10.3. The van der Waals surface area contributed by atoms with E-state index in [9.17, 15) is 37.1 Å². The summed E-state index contributed by atoms with van der Waals surface area (Å²) in [5.74, 6) is -4.69. The molecule has 1 unspecified atom stereocenters. The number of esters is 2. The van der Waals surface area contributed by atoms with Crippen molar-refractivity contribution in [1.29, 1.82) is 0 Å². The van der Waals surface area contributed by atoms with E-state index >= 15 is 0 Å². The van der Waals surface area contributed by atoms with Crippen LogP contribution in [0.5, 0.6) is 0 Å².